The van der Waals surface area contributed by atoms with Crippen LogP contribution in [0, 0.1) is 0 Å². The molecule has 1 rings (SSSR count). The van der Waals surface area contributed by atoms with Crippen molar-refractivity contribution in [3.63, 3.8) is 0 Å². The normalized spacial score (nSPS) is 11.9. The Morgan fingerprint density at radius 3 is 2.89 bits per heavy atom. The first-order valence-corrected chi connectivity index (χ1v) is 6.62. The summed E-state index contributed by atoms with van der Waals surface area (Å²) < 4.78 is 5.38. The number of hydrogen-bond acceptors (Lipinski definition) is 5. The summed E-state index contributed by atoms with van der Waals surface area (Å²) in [6.45, 7) is 4.61. The standard InChI is InChI=1S/C13H21N3O3/c1-3-5-6-10(12(17)18)15-13-14-8-7-11(16-13)19-9-4-2/h7-8,10H,3-6,9H2,1-2H3,(H,17,18)(H,14,15,16). The fourth-order valence-electron chi connectivity index (χ4n) is 1.52. The lowest BCUT2D eigenvalue weighted by molar-refractivity contribution is -0.138. The highest BCUT2D eigenvalue weighted by atomic mass is 16.5. The number of ether oxygens (including phenoxy) is 1. The van der Waals surface area contributed by atoms with Crippen LogP contribution in [0.3, 0.4) is 0 Å². The minimum Gasteiger partial charge on any atom is -0.480 e. The van der Waals surface area contributed by atoms with Crippen LogP contribution in [0.4, 0.5) is 5.95 Å². The fraction of sp³-hybridized carbons (Fsp3) is 0.615. The second-order valence-electron chi connectivity index (χ2n) is 4.24. The maximum Gasteiger partial charge on any atom is 0.326 e. The van der Waals surface area contributed by atoms with Crippen molar-refractivity contribution in [2.24, 2.45) is 0 Å². The van der Waals surface area contributed by atoms with Crippen LogP contribution in [-0.4, -0.2) is 33.7 Å². The molecule has 0 spiro atoms. The molecule has 0 bridgehead atoms. The van der Waals surface area contributed by atoms with Crippen molar-refractivity contribution in [3.05, 3.63) is 12.3 Å². The molecule has 106 valence electrons. The van der Waals surface area contributed by atoms with Gasteiger partial charge in [0.25, 0.3) is 0 Å². The number of aliphatic carboxylic acids is 1. The first-order chi connectivity index (χ1) is 9.17. The first-order valence-electron chi connectivity index (χ1n) is 6.62. The lowest BCUT2D eigenvalue weighted by Gasteiger charge is -2.14. The molecule has 1 aromatic heterocycles. The molecular formula is C13H21N3O3. The van der Waals surface area contributed by atoms with Gasteiger partial charge in [0, 0.05) is 12.3 Å². The van der Waals surface area contributed by atoms with E-state index in [4.69, 9.17) is 9.84 Å². The molecule has 6 heteroatoms. The van der Waals surface area contributed by atoms with E-state index in [2.05, 4.69) is 15.3 Å². The third-order valence-electron chi connectivity index (χ3n) is 2.53. The summed E-state index contributed by atoms with van der Waals surface area (Å²) >= 11 is 0. The van der Waals surface area contributed by atoms with Gasteiger partial charge in [-0.3, -0.25) is 0 Å². The van der Waals surface area contributed by atoms with Crippen molar-refractivity contribution in [2.45, 2.75) is 45.6 Å². The molecular weight excluding hydrogens is 246 g/mol. The Labute approximate surface area is 113 Å². The van der Waals surface area contributed by atoms with Crippen molar-refractivity contribution in [1.82, 2.24) is 9.97 Å². The summed E-state index contributed by atoms with van der Waals surface area (Å²) in [5.74, 6) is -0.145. The Kier molecular flexibility index (Phi) is 6.63. The van der Waals surface area contributed by atoms with Gasteiger partial charge in [-0.2, -0.15) is 4.98 Å². The van der Waals surface area contributed by atoms with Gasteiger partial charge in [-0.05, 0) is 12.8 Å². The molecule has 0 aliphatic rings. The average molecular weight is 267 g/mol. The number of rotatable bonds is 9. The minimum absolute atomic E-state index is 0.289. The van der Waals surface area contributed by atoms with E-state index in [9.17, 15) is 4.79 Å². The molecule has 1 heterocycles. The van der Waals surface area contributed by atoms with Gasteiger partial charge in [0.05, 0.1) is 6.61 Å². The van der Waals surface area contributed by atoms with Gasteiger partial charge in [0.1, 0.15) is 6.04 Å². The molecule has 1 unspecified atom stereocenters. The van der Waals surface area contributed by atoms with Crippen LogP contribution in [0.1, 0.15) is 39.5 Å². The zero-order valence-electron chi connectivity index (χ0n) is 11.4. The molecule has 19 heavy (non-hydrogen) atoms. The van der Waals surface area contributed by atoms with Gasteiger partial charge in [0.15, 0.2) is 0 Å². The monoisotopic (exact) mass is 267 g/mol. The summed E-state index contributed by atoms with van der Waals surface area (Å²) in [6, 6.07) is 0.990. The molecule has 6 nitrogen and oxygen atoms in total. The molecule has 0 fully saturated rings. The number of nitrogens with one attached hydrogen (secondary N) is 1. The minimum atomic E-state index is -0.892. The van der Waals surface area contributed by atoms with Crippen LogP contribution in [0.25, 0.3) is 0 Å². The van der Waals surface area contributed by atoms with Crippen LogP contribution >= 0.6 is 0 Å². The molecule has 0 saturated heterocycles. The molecule has 1 atom stereocenters. The van der Waals surface area contributed by atoms with Crippen molar-refractivity contribution >= 4 is 11.9 Å². The number of carbonyl (C=O) groups is 1. The highest BCUT2D eigenvalue weighted by Gasteiger charge is 2.17. The largest absolute Gasteiger partial charge is 0.480 e. The SMILES string of the molecule is CCCCC(Nc1nccc(OCCC)n1)C(=O)O. The Hall–Kier alpha value is -1.85. The third-order valence-corrected chi connectivity index (χ3v) is 2.53. The van der Waals surface area contributed by atoms with Crippen LogP contribution in [0.2, 0.25) is 0 Å². The molecule has 2 N–H and O–H groups in total. The molecule has 1 aromatic rings. The molecule has 0 amide bonds. The number of aromatic nitrogens is 2. The molecule has 0 aromatic carbocycles. The molecule has 0 aliphatic carbocycles. The predicted octanol–water partition coefficient (Wildman–Crippen LogP) is 2.32. The van der Waals surface area contributed by atoms with Crippen molar-refractivity contribution in [1.29, 1.82) is 0 Å². The number of anilines is 1. The van der Waals surface area contributed by atoms with Gasteiger partial charge >= 0.3 is 5.97 Å². The maximum atomic E-state index is 11.1. The topological polar surface area (TPSA) is 84.3 Å². The number of carboxylic acids is 1. The van der Waals surface area contributed by atoms with E-state index in [1.54, 1.807) is 12.3 Å². The Balaban J connectivity index is 2.64. The van der Waals surface area contributed by atoms with Crippen molar-refractivity contribution < 1.29 is 14.6 Å². The molecule has 0 aliphatic heterocycles. The lowest BCUT2D eigenvalue weighted by atomic mass is 10.1. The zero-order chi connectivity index (χ0) is 14.1. The highest BCUT2D eigenvalue weighted by molar-refractivity contribution is 5.76. The van der Waals surface area contributed by atoms with E-state index in [-0.39, 0.29) is 5.95 Å². The highest BCUT2D eigenvalue weighted by Crippen LogP contribution is 2.12. The van der Waals surface area contributed by atoms with Crippen LogP contribution in [-0.2, 0) is 4.79 Å². The molecule has 0 saturated carbocycles. The summed E-state index contributed by atoms with van der Waals surface area (Å²) in [5, 5.41) is 12.0. The number of unbranched alkanes of at least 4 members (excludes halogenated alkanes) is 1. The van der Waals surface area contributed by atoms with E-state index < -0.39 is 12.0 Å². The van der Waals surface area contributed by atoms with Gasteiger partial charge in [0.2, 0.25) is 11.8 Å². The summed E-state index contributed by atoms with van der Waals surface area (Å²) in [6.07, 6.45) is 4.79. The quantitative estimate of drug-likeness (QED) is 0.714. The van der Waals surface area contributed by atoms with Gasteiger partial charge < -0.3 is 15.2 Å². The van der Waals surface area contributed by atoms with Crippen molar-refractivity contribution in [3.8, 4) is 5.88 Å². The van der Waals surface area contributed by atoms with Gasteiger partial charge in [-0.25, -0.2) is 9.78 Å². The summed E-state index contributed by atoms with van der Waals surface area (Å²) in [4.78, 5) is 19.3. The predicted molar refractivity (Wildman–Crippen MR) is 72.4 cm³/mol. The summed E-state index contributed by atoms with van der Waals surface area (Å²) in [7, 11) is 0. The Bertz CT molecular complexity index is 398. The van der Waals surface area contributed by atoms with E-state index in [0.29, 0.717) is 18.9 Å². The number of hydrogen-bond donors (Lipinski definition) is 2. The smallest absolute Gasteiger partial charge is 0.326 e. The Morgan fingerprint density at radius 2 is 2.26 bits per heavy atom. The van der Waals surface area contributed by atoms with E-state index in [1.807, 2.05) is 13.8 Å². The lowest BCUT2D eigenvalue weighted by Crippen LogP contribution is -2.30. The number of nitrogens with zero attached hydrogens (tertiary/aromatic N) is 2. The first kappa shape index (κ1) is 15.2. The van der Waals surface area contributed by atoms with E-state index in [0.717, 1.165) is 19.3 Å². The van der Waals surface area contributed by atoms with Crippen LogP contribution in [0.15, 0.2) is 12.3 Å². The average Bonchev–Trinajstić information content (AvgIpc) is 2.41. The Morgan fingerprint density at radius 1 is 1.47 bits per heavy atom. The number of carboxylic acid groups (broad SMARTS) is 1. The van der Waals surface area contributed by atoms with Gasteiger partial charge in [-0.15, -0.1) is 0 Å². The summed E-state index contributed by atoms with van der Waals surface area (Å²) in [5.41, 5.74) is 0. The van der Waals surface area contributed by atoms with Gasteiger partial charge in [-0.1, -0.05) is 26.7 Å². The second kappa shape index (κ2) is 8.29. The van der Waals surface area contributed by atoms with Crippen LogP contribution in [0.5, 0.6) is 5.88 Å². The molecule has 0 radical (unpaired) electrons. The van der Waals surface area contributed by atoms with Crippen LogP contribution < -0.4 is 10.1 Å². The second-order valence-corrected chi connectivity index (χ2v) is 4.24. The zero-order valence-corrected chi connectivity index (χ0v) is 11.4. The third kappa shape index (κ3) is 5.54. The van der Waals surface area contributed by atoms with Crippen molar-refractivity contribution in [2.75, 3.05) is 11.9 Å². The van der Waals surface area contributed by atoms with E-state index >= 15 is 0 Å². The maximum absolute atomic E-state index is 11.1. The van der Waals surface area contributed by atoms with E-state index in [1.165, 1.54) is 0 Å². The fourth-order valence-corrected chi connectivity index (χ4v) is 1.52.